The minimum Gasteiger partial charge on any atom is -0.481 e. The van der Waals surface area contributed by atoms with Crippen LogP contribution in [0.5, 0.6) is 5.75 Å². The van der Waals surface area contributed by atoms with E-state index in [-0.39, 0.29) is 12.0 Å². The van der Waals surface area contributed by atoms with E-state index in [2.05, 4.69) is 10.2 Å². The van der Waals surface area contributed by atoms with Crippen molar-refractivity contribution < 1.29 is 9.15 Å². The van der Waals surface area contributed by atoms with Gasteiger partial charge in [-0.25, -0.2) is 0 Å². The molecule has 0 aliphatic carbocycles. The first-order valence-corrected chi connectivity index (χ1v) is 5.43. The van der Waals surface area contributed by atoms with Crippen LogP contribution in [0, 0.1) is 0 Å². The maximum absolute atomic E-state index is 5.62. The molecule has 4 nitrogen and oxygen atoms in total. The van der Waals surface area contributed by atoms with Gasteiger partial charge in [0.2, 0.25) is 5.89 Å². The van der Waals surface area contributed by atoms with Crippen molar-refractivity contribution in [3.63, 3.8) is 0 Å². The van der Waals surface area contributed by atoms with E-state index in [9.17, 15) is 0 Å². The molecule has 16 heavy (non-hydrogen) atoms. The molecule has 1 atom stereocenters. The Bertz CT molecular complexity index is 444. The second kappa shape index (κ2) is 4.99. The summed E-state index contributed by atoms with van der Waals surface area (Å²) in [6.07, 6.45) is -0.285. The largest absolute Gasteiger partial charge is 0.481 e. The zero-order chi connectivity index (χ0) is 11.4. The lowest BCUT2D eigenvalue weighted by atomic mass is 10.3. The zero-order valence-corrected chi connectivity index (χ0v) is 9.52. The molecule has 2 aromatic rings. The van der Waals surface area contributed by atoms with Crippen molar-refractivity contribution >= 4 is 11.6 Å². The molecule has 84 valence electrons. The van der Waals surface area contributed by atoms with Crippen LogP contribution >= 0.6 is 11.6 Å². The Morgan fingerprint density at radius 1 is 1.31 bits per heavy atom. The number of ether oxygens (including phenoxy) is 1. The second-order valence-corrected chi connectivity index (χ2v) is 3.51. The van der Waals surface area contributed by atoms with E-state index in [1.165, 1.54) is 0 Å². The van der Waals surface area contributed by atoms with E-state index in [1.54, 1.807) is 0 Å². The molecule has 0 bridgehead atoms. The third kappa shape index (κ3) is 2.52. The molecule has 0 aliphatic heterocycles. The van der Waals surface area contributed by atoms with Crippen LogP contribution in [0.4, 0.5) is 0 Å². The first kappa shape index (κ1) is 11.0. The van der Waals surface area contributed by atoms with Crippen molar-refractivity contribution in [2.75, 3.05) is 0 Å². The fourth-order valence-corrected chi connectivity index (χ4v) is 1.35. The lowest BCUT2D eigenvalue weighted by Gasteiger charge is -2.10. The van der Waals surface area contributed by atoms with Crippen molar-refractivity contribution in [1.29, 1.82) is 0 Å². The summed E-state index contributed by atoms with van der Waals surface area (Å²) in [7, 11) is 0. The maximum atomic E-state index is 5.62. The van der Waals surface area contributed by atoms with Gasteiger partial charge in [0.25, 0.3) is 5.89 Å². The number of para-hydroxylation sites is 1. The predicted octanol–water partition coefficient (Wildman–Crippen LogP) is 2.95. The van der Waals surface area contributed by atoms with Gasteiger partial charge >= 0.3 is 0 Å². The topological polar surface area (TPSA) is 48.2 Å². The highest BCUT2D eigenvalue weighted by molar-refractivity contribution is 6.16. The van der Waals surface area contributed by atoms with Crippen LogP contribution in [0.1, 0.15) is 24.8 Å². The highest BCUT2D eigenvalue weighted by Gasteiger charge is 2.14. The number of halogens is 1. The van der Waals surface area contributed by atoms with Crippen molar-refractivity contribution in [1.82, 2.24) is 10.2 Å². The molecule has 0 aliphatic rings. The van der Waals surface area contributed by atoms with E-state index in [1.807, 2.05) is 37.3 Å². The molecule has 1 heterocycles. The van der Waals surface area contributed by atoms with E-state index < -0.39 is 0 Å². The fourth-order valence-electron chi connectivity index (χ4n) is 1.24. The minimum atomic E-state index is -0.285. The van der Waals surface area contributed by atoms with Crippen LogP contribution in [0.25, 0.3) is 0 Å². The van der Waals surface area contributed by atoms with E-state index in [0.717, 1.165) is 5.75 Å². The molecular weight excluding hydrogens is 228 g/mol. The van der Waals surface area contributed by atoms with Gasteiger partial charge in [-0.15, -0.1) is 21.8 Å². The number of nitrogens with zero attached hydrogens (tertiary/aromatic N) is 2. The molecule has 5 heteroatoms. The van der Waals surface area contributed by atoms with E-state index in [0.29, 0.717) is 11.8 Å². The average Bonchev–Trinajstić information content (AvgIpc) is 2.79. The summed E-state index contributed by atoms with van der Waals surface area (Å²) in [5.41, 5.74) is 0. The third-order valence-corrected chi connectivity index (χ3v) is 2.23. The van der Waals surface area contributed by atoms with Crippen molar-refractivity contribution in [2.45, 2.75) is 18.9 Å². The molecular formula is C11H11ClN2O2. The predicted molar refractivity (Wildman–Crippen MR) is 59.3 cm³/mol. The first-order chi connectivity index (χ1) is 7.79. The quantitative estimate of drug-likeness (QED) is 0.769. The summed E-state index contributed by atoms with van der Waals surface area (Å²) >= 11 is 5.57. The van der Waals surface area contributed by atoms with Crippen LogP contribution in [0.3, 0.4) is 0 Å². The Balaban J connectivity index is 2.05. The monoisotopic (exact) mass is 238 g/mol. The van der Waals surface area contributed by atoms with E-state index >= 15 is 0 Å². The smallest absolute Gasteiger partial charge is 0.256 e. The lowest BCUT2D eigenvalue weighted by Crippen LogP contribution is -2.03. The Morgan fingerprint density at radius 3 is 2.69 bits per heavy atom. The van der Waals surface area contributed by atoms with Crippen LogP contribution in [-0.4, -0.2) is 10.2 Å². The number of alkyl halides is 1. The SMILES string of the molecule is CC(Oc1ccccc1)c1nnc(CCl)o1. The third-order valence-electron chi connectivity index (χ3n) is 2.00. The summed E-state index contributed by atoms with van der Waals surface area (Å²) in [6, 6.07) is 9.47. The average molecular weight is 239 g/mol. The maximum Gasteiger partial charge on any atom is 0.256 e. The normalized spacial score (nSPS) is 12.4. The molecule has 1 aromatic heterocycles. The standard InChI is InChI=1S/C11H11ClN2O2/c1-8(11-14-13-10(7-12)16-11)15-9-5-3-2-4-6-9/h2-6,8H,7H2,1H3. The van der Waals surface area contributed by atoms with Gasteiger partial charge in [-0.05, 0) is 19.1 Å². The van der Waals surface area contributed by atoms with Gasteiger partial charge in [0.1, 0.15) is 11.6 Å². The first-order valence-electron chi connectivity index (χ1n) is 4.89. The number of rotatable bonds is 4. The molecule has 0 saturated heterocycles. The van der Waals surface area contributed by atoms with Crippen molar-refractivity contribution in [3.05, 3.63) is 42.1 Å². The lowest BCUT2D eigenvalue weighted by molar-refractivity contribution is 0.187. The number of aromatic nitrogens is 2. The molecule has 1 unspecified atom stereocenters. The van der Waals surface area contributed by atoms with Gasteiger partial charge in [-0.3, -0.25) is 0 Å². The Labute approximate surface area is 98.2 Å². The highest BCUT2D eigenvalue weighted by atomic mass is 35.5. The molecule has 0 fully saturated rings. The molecule has 0 spiro atoms. The molecule has 0 saturated carbocycles. The van der Waals surface area contributed by atoms with Crippen LogP contribution < -0.4 is 4.74 Å². The second-order valence-electron chi connectivity index (χ2n) is 3.24. The Morgan fingerprint density at radius 2 is 2.06 bits per heavy atom. The van der Waals surface area contributed by atoms with Crippen LogP contribution in [0.15, 0.2) is 34.7 Å². The summed E-state index contributed by atoms with van der Waals surface area (Å²) in [4.78, 5) is 0. The van der Waals surface area contributed by atoms with Crippen molar-refractivity contribution in [3.8, 4) is 5.75 Å². The molecule has 0 radical (unpaired) electrons. The number of benzene rings is 1. The van der Waals surface area contributed by atoms with Gasteiger partial charge in [0.05, 0.1) is 0 Å². The minimum absolute atomic E-state index is 0.213. The molecule has 0 amide bonds. The molecule has 1 aromatic carbocycles. The van der Waals surface area contributed by atoms with Gasteiger partial charge in [0, 0.05) is 0 Å². The van der Waals surface area contributed by atoms with Crippen LogP contribution in [-0.2, 0) is 5.88 Å². The van der Waals surface area contributed by atoms with Gasteiger partial charge in [0.15, 0.2) is 6.10 Å². The van der Waals surface area contributed by atoms with Gasteiger partial charge in [-0.1, -0.05) is 18.2 Å². The summed E-state index contributed by atoms with van der Waals surface area (Å²) < 4.78 is 10.9. The summed E-state index contributed by atoms with van der Waals surface area (Å²) in [6.45, 7) is 1.85. The zero-order valence-electron chi connectivity index (χ0n) is 8.76. The fraction of sp³-hybridized carbons (Fsp3) is 0.273. The van der Waals surface area contributed by atoms with E-state index in [4.69, 9.17) is 20.8 Å². The summed E-state index contributed by atoms with van der Waals surface area (Å²) in [5.74, 6) is 1.81. The number of hydrogen-bond acceptors (Lipinski definition) is 4. The summed E-state index contributed by atoms with van der Waals surface area (Å²) in [5, 5.41) is 7.63. The van der Waals surface area contributed by atoms with Crippen molar-refractivity contribution in [2.24, 2.45) is 0 Å². The Hall–Kier alpha value is -1.55. The number of hydrogen-bond donors (Lipinski definition) is 0. The van der Waals surface area contributed by atoms with Gasteiger partial charge < -0.3 is 9.15 Å². The van der Waals surface area contributed by atoms with Gasteiger partial charge in [-0.2, -0.15) is 0 Å². The Kier molecular flexibility index (Phi) is 3.41. The molecule has 0 N–H and O–H groups in total. The highest BCUT2D eigenvalue weighted by Crippen LogP contribution is 2.20. The molecule has 2 rings (SSSR count). The van der Waals surface area contributed by atoms with Crippen LogP contribution in [0.2, 0.25) is 0 Å².